The second kappa shape index (κ2) is 7.65. The highest BCUT2D eigenvalue weighted by atomic mass is 16.5. The van der Waals surface area contributed by atoms with E-state index in [1.807, 2.05) is 6.92 Å². The van der Waals surface area contributed by atoms with E-state index >= 15 is 0 Å². The third-order valence-electron chi connectivity index (χ3n) is 2.46. The van der Waals surface area contributed by atoms with Gasteiger partial charge in [0.05, 0.1) is 0 Å². The molecule has 90 valence electrons. The first-order valence-corrected chi connectivity index (χ1v) is 5.61. The molecular formula is C11H23NO3. The van der Waals surface area contributed by atoms with Gasteiger partial charge in [-0.3, -0.25) is 0 Å². The van der Waals surface area contributed by atoms with Crippen molar-refractivity contribution in [3.8, 4) is 0 Å². The minimum atomic E-state index is -0.864. The largest absolute Gasteiger partial charge is 0.479 e. The maximum absolute atomic E-state index is 10.8. The van der Waals surface area contributed by atoms with Crippen LogP contribution in [0.1, 0.15) is 34.1 Å². The minimum Gasteiger partial charge on any atom is -0.479 e. The lowest BCUT2D eigenvalue weighted by atomic mass is 10.2. The zero-order valence-electron chi connectivity index (χ0n) is 10.2. The molecule has 0 fully saturated rings. The van der Waals surface area contributed by atoms with Gasteiger partial charge in [0.1, 0.15) is 0 Å². The highest BCUT2D eigenvalue weighted by molar-refractivity contribution is 5.72. The Morgan fingerprint density at radius 1 is 1.40 bits per heavy atom. The van der Waals surface area contributed by atoms with Crippen LogP contribution in [-0.4, -0.2) is 47.8 Å². The number of hydrogen-bond acceptors (Lipinski definition) is 3. The van der Waals surface area contributed by atoms with Crippen molar-refractivity contribution in [1.82, 2.24) is 4.90 Å². The van der Waals surface area contributed by atoms with E-state index in [2.05, 4.69) is 25.7 Å². The Morgan fingerprint density at radius 3 is 2.33 bits per heavy atom. The number of rotatable bonds is 8. The molecule has 0 saturated carbocycles. The molecule has 0 amide bonds. The molecule has 0 rings (SSSR count). The van der Waals surface area contributed by atoms with E-state index in [1.54, 1.807) is 0 Å². The third-order valence-corrected chi connectivity index (χ3v) is 2.46. The lowest BCUT2D eigenvalue weighted by Crippen LogP contribution is -2.35. The Balaban J connectivity index is 4.01. The van der Waals surface area contributed by atoms with Crippen molar-refractivity contribution in [2.45, 2.75) is 46.3 Å². The molecule has 15 heavy (non-hydrogen) atoms. The number of carbonyl (C=O) groups is 1. The van der Waals surface area contributed by atoms with Gasteiger partial charge in [-0.25, -0.2) is 4.79 Å². The molecule has 0 saturated heterocycles. The van der Waals surface area contributed by atoms with Crippen LogP contribution in [0.25, 0.3) is 0 Å². The first-order chi connectivity index (χ1) is 7.02. The fourth-order valence-corrected chi connectivity index (χ4v) is 1.54. The van der Waals surface area contributed by atoms with Crippen molar-refractivity contribution >= 4 is 5.97 Å². The van der Waals surface area contributed by atoms with Gasteiger partial charge in [0.15, 0.2) is 6.10 Å². The van der Waals surface area contributed by atoms with Gasteiger partial charge in [-0.2, -0.15) is 0 Å². The van der Waals surface area contributed by atoms with Gasteiger partial charge in [-0.05, 0) is 33.7 Å². The van der Waals surface area contributed by atoms with E-state index in [9.17, 15) is 4.79 Å². The van der Waals surface area contributed by atoms with Gasteiger partial charge in [-0.1, -0.05) is 6.92 Å². The van der Waals surface area contributed by atoms with Crippen LogP contribution in [0, 0.1) is 0 Å². The Bertz CT molecular complexity index is 183. The fourth-order valence-electron chi connectivity index (χ4n) is 1.54. The van der Waals surface area contributed by atoms with Crippen molar-refractivity contribution in [2.75, 3.05) is 19.7 Å². The number of aliphatic carboxylic acids is 1. The van der Waals surface area contributed by atoms with Crippen LogP contribution in [0.2, 0.25) is 0 Å². The molecule has 4 heteroatoms. The summed E-state index contributed by atoms with van der Waals surface area (Å²) in [5.41, 5.74) is 0. The normalized spacial score (nSPS) is 13.5. The molecular weight excluding hydrogens is 194 g/mol. The first-order valence-electron chi connectivity index (χ1n) is 5.61. The summed E-state index contributed by atoms with van der Waals surface area (Å²) in [5, 5.41) is 8.89. The van der Waals surface area contributed by atoms with Crippen molar-refractivity contribution in [3.63, 3.8) is 0 Å². The van der Waals surface area contributed by atoms with Crippen LogP contribution in [0.4, 0.5) is 0 Å². The van der Waals surface area contributed by atoms with E-state index < -0.39 is 12.1 Å². The average molecular weight is 217 g/mol. The van der Waals surface area contributed by atoms with E-state index in [0.29, 0.717) is 19.1 Å². The number of hydrogen-bond donors (Lipinski definition) is 1. The maximum Gasteiger partial charge on any atom is 0.332 e. The molecule has 0 radical (unpaired) electrons. The van der Waals surface area contributed by atoms with Gasteiger partial charge in [0.2, 0.25) is 0 Å². The van der Waals surface area contributed by atoms with Crippen LogP contribution < -0.4 is 0 Å². The van der Waals surface area contributed by atoms with E-state index in [4.69, 9.17) is 9.84 Å². The standard InChI is InChI=1S/C11H23NO3/c1-5-12(9(3)4)8-7-10(11(13)14)15-6-2/h9-10H,5-8H2,1-4H3,(H,13,14). The van der Waals surface area contributed by atoms with Gasteiger partial charge in [0.25, 0.3) is 0 Å². The van der Waals surface area contributed by atoms with Crippen molar-refractivity contribution < 1.29 is 14.6 Å². The molecule has 0 aromatic rings. The minimum absolute atomic E-state index is 0.449. The Hall–Kier alpha value is -0.610. The zero-order valence-corrected chi connectivity index (χ0v) is 10.2. The molecule has 0 aliphatic carbocycles. The van der Waals surface area contributed by atoms with E-state index in [-0.39, 0.29) is 0 Å². The maximum atomic E-state index is 10.8. The Labute approximate surface area is 92.2 Å². The quantitative estimate of drug-likeness (QED) is 0.671. The van der Waals surface area contributed by atoms with Gasteiger partial charge < -0.3 is 14.7 Å². The molecule has 0 bridgehead atoms. The highest BCUT2D eigenvalue weighted by Crippen LogP contribution is 2.04. The number of carboxylic acid groups (broad SMARTS) is 1. The monoisotopic (exact) mass is 217 g/mol. The predicted molar refractivity (Wildman–Crippen MR) is 60.0 cm³/mol. The summed E-state index contributed by atoms with van der Waals surface area (Å²) in [5.74, 6) is -0.864. The molecule has 0 heterocycles. The lowest BCUT2D eigenvalue weighted by molar-refractivity contribution is -0.150. The topological polar surface area (TPSA) is 49.8 Å². The summed E-state index contributed by atoms with van der Waals surface area (Å²) in [6, 6.07) is 0.450. The zero-order chi connectivity index (χ0) is 11.8. The summed E-state index contributed by atoms with van der Waals surface area (Å²) >= 11 is 0. The molecule has 1 N–H and O–H groups in total. The summed E-state index contributed by atoms with van der Waals surface area (Å²) < 4.78 is 5.15. The van der Waals surface area contributed by atoms with Crippen molar-refractivity contribution in [1.29, 1.82) is 0 Å². The van der Waals surface area contributed by atoms with Gasteiger partial charge >= 0.3 is 5.97 Å². The number of ether oxygens (including phenoxy) is 1. The molecule has 4 nitrogen and oxygen atoms in total. The smallest absolute Gasteiger partial charge is 0.332 e. The summed E-state index contributed by atoms with van der Waals surface area (Å²) in [6.45, 7) is 10.3. The second-order valence-electron chi connectivity index (χ2n) is 3.79. The SMILES string of the molecule is CCOC(CCN(CC)C(C)C)C(=O)O. The molecule has 0 aromatic carbocycles. The first kappa shape index (κ1) is 14.4. The van der Waals surface area contributed by atoms with E-state index in [0.717, 1.165) is 13.1 Å². The Kier molecular flexibility index (Phi) is 7.34. The predicted octanol–water partition coefficient (Wildman–Crippen LogP) is 1.60. The molecule has 1 unspecified atom stereocenters. The fraction of sp³-hybridized carbons (Fsp3) is 0.909. The lowest BCUT2D eigenvalue weighted by Gasteiger charge is -2.25. The van der Waals surface area contributed by atoms with E-state index in [1.165, 1.54) is 0 Å². The second-order valence-corrected chi connectivity index (χ2v) is 3.79. The summed E-state index contributed by atoms with van der Waals surface area (Å²) in [4.78, 5) is 13.0. The van der Waals surface area contributed by atoms with Gasteiger partial charge in [0, 0.05) is 19.2 Å². The van der Waals surface area contributed by atoms with Crippen LogP contribution in [0.3, 0.4) is 0 Å². The Morgan fingerprint density at radius 2 is 2.00 bits per heavy atom. The summed E-state index contributed by atoms with van der Waals surface area (Å²) in [6.07, 6.45) is -0.113. The molecule has 0 spiro atoms. The number of carboxylic acids is 1. The van der Waals surface area contributed by atoms with Crippen molar-refractivity contribution in [2.24, 2.45) is 0 Å². The summed E-state index contributed by atoms with van der Waals surface area (Å²) in [7, 11) is 0. The van der Waals surface area contributed by atoms with Crippen LogP contribution >= 0.6 is 0 Å². The molecule has 0 aliphatic rings. The van der Waals surface area contributed by atoms with Crippen LogP contribution in [-0.2, 0) is 9.53 Å². The molecule has 0 aliphatic heterocycles. The molecule has 1 atom stereocenters. The van der Waals surface area contributed by atoms with Gasteiger partial charge in [-0.15, -0.1) is 0 Å². The van der Waals surface area contributed by atoms with Crippen LogP contribution in [0.5, 0.6) is 0 Å². The number of nitrogens with zero attached hydrogens (tertiary/aromatic N) is 1. The average Bonchev–Trinajstić information content (AvgIpc) is 2.16. The molecule has 0 aromatic heterocycles. The van der Waals surface area contributed by atoms with Crippen molar-refractivity contribution in [3.05, 3.63) is 0 Å². The highest BCUT2D eigenvalue weighted by Gasteiger charge is 2.18. The van der Waals surface area contributed by atoms with Crippen LogP contribution in [0.15, 0.2) is 0 Å². The third kappa shape index (κ3) is 5.74.